The standard InChI is InChI=1S/C19H17N3O2S/c23-17(22-11-13-6-4-5-7-14(13)12-22)10-16-18(24)21-19(25-16)20-15-8-2-1-3-9-15/h1-9,24H,10-12H2,(H,20,21). The fraction of sp³-hybridized carbons (Fsp3) is 0.158. The van der Waals surface area contributed by atoms with Crippen molar-refractivity contribution in [1.29, 1.82) is 0 Å². The number of anilines is 2. The van der Waals surface area contributed by atoms with Gasteiger partial charge in [-0.25, -0.2) is 0 Å². The van der Waals surface area contributed by atoms with Gasteiger partial charge in [0.1, 0.15) is 0 Å². The summed E-state index contributed by atoms with van der Waals surface area (Å²) >= 11 is 1.31. The second kappa shape index (κ2) is 6.57. The molecule has 25 heavy (non-hydrogen) atoms. The summed E-state index contributed by atoms with van der Waals surface area (Å²) in [7, 11) is 0. The van der Waals surface area contributed by atoms with Crippen LogP contribution in [0.5, 0.6) is 5.88 Å². The first-order valence-corrected chi connectivity index (χ1v) is 8.86. The van der Waals surface area contributed by atoms with Crippen LogP contribution in [0.4, 0.5) is 10.8 Å². The minimum atomic E-state index is -0.0755. The van der Waals surface area contributed by atoms with Gasteiger partial charge in [-0.05, 0) is 23.3 Å². The fourth-order valence-corrected chi connectivity index (χ4v) is 3.78. The minimum Gasteiger partial charge on any atom is -0.492 e. The number of aromatic nitrogens is 1. The molecular weight excluding hydrogens is 334 g/mol. The van der Waals surface area contributed by atoms with Crippen LogP contribution in [-0.4, -0.2) is 20.9 Å². The van der Waals surface area contributed by atoms with Gasteiger partial charge < -0.3 is 15.3 Å². The molecule has 0 saturated heterocycles. The summed E-state index contributed by atoms with van der Waals surface area (Å²) < 4.78 is 0. The van der Waals surface area contributed by atoms with Crippen molar-refractivity contribution in [2.75, 3.05) is 5.32 Å². The zero-order valence-electron chi connectivity index (χ0n) is 13.5. The second-order valence-corrected chi connectivity index (χ2v) is 7.04. The molecular formula is C19H17N3O2S. The maximum Gasteiger partial charge on any atom is 0.228 e. The van der Waals surface area contributed by atoms with Crippen molar-refractivity contribution in [3.05, 3.63) is 70.6 Å². The molecule has 0 spiro atoms. The topological polar surface area (TPSA) is 65.5 Å². The second-order valence-electron chi connectivity index (χ2n) is 5.95. The zero-order valence-corrected chi connectivity index (χ0v) is 14.3. The van der Waals surface area contributed by atoms with Gasteiger partial charge in [-0.1, -0.05) is 53.8 Å². The van der Waals surface area contributed by atoms with E-state index in [4.69, 9.17) is 0 Å². The van der Waals surface area contributed by atoms with Crippen LogP contribution < -0.4 is 5.32 Å². The molecule has 0 atom stereocenters. The molecule has 0 unspecified atom stereocenters. The lowest BCUT2D eigenvalue weighted by atomic mass is 10.1. The highest BCUT2D eigenvalue weighted by molar-refractivity contribution is 7.16. The number of aromatic hydroxyl groups is 1. The summed E-state index contributed by atoms with van der Waals surface area (Å²) in [6.07, 6.45) is 0.161. The summed E-state index contributed by atoms with van der Waals surface area (Å²) in [6, 6.07) is 17.7. The number of para-hydroxylation sites is 1. The number of nitrogens with zero attached hydrogens (tertiary/aromatic N) is 2. The number of rotatable bonds is 4. The molecule has 1 amide bonds. The van der Waals surface area contributed by atoms with Gasteiger partial charge in [0.25, 0.3) is 0 Å². The first kappa shape index (κ1) is 15.7. The van der Waals surface area contributed by atoms with Gasteiger partial charge in [-0.3, -0.25) is 4.79 Å². The average Bonchev–Trinajstić information content (AvgIpc) is 3.19. The number of carbonyl (C=O) groups is 1. The molecule has 3 aromatic rings. The van der Waals surface area contributed by atoms with Crippen LogP contribution in [-0.2, 0) is 24.3 Å². The summed E-state index contributed by atoms with van der Waals surface area (Å²) in [6.45, 7) is 1.26. The molecule has 126 valence electrons. The van der Waals surface area contributed by atoms with Crippen molar-refractivity contribution in [1.82, 2.24) is 9.88 Å². The molecule has 1 aliphatic rings. The van der Waals surface area contributed by atoms with Gasteiger partial charge in [0.15, 0.2) is 5.13 Å². The fourth-order valence-electron chi connectivity index (χ4n) is 2.92. The third-order valence-electron chi connectivity index (χ3n) is 4.21. The molecule has 5 nitrogen and oxygen atoms in total. The summed E-state index contributed by atoms with van der Waals surface area (Å²) in [5, 5.41) is 13.8. The highest BCUT2D eigenvalue weighted by Gasteiger charge is 2.24. The molecule has 4 rings (SSSR count). The number of thiazole rings is 1. The highest BCUT2D eigenvalue weighted by atomic mass is 32.1. The lowest BCUT2D eigenvalue weighted by molar-refractivity contribution is -0.131. The summed E-state index contributed by atoms with van der Waals surface area (Å²) in [4.78, 5) is 19.1. The largest absolute Gasteiger partial charge is 0.492 e. The van der Waals surface area contributed by atoms with Crippen molar-refractivity contribution in [2.24, 2.45) is 0 Å². The predicted octanol–water partition coefficient (Wildman–Crippen LogP) is 3.68. The molecule has 1 aliphatic heterocycles. The molecule has 6 heteroatoms. The van der Waals surface area contributed by atoms with Gasteiger partial charge >= 0.3 is 0 Å². The molecule has 2 heterocycles. The SMILES string of the molecule is O=C(Cc1sc(Nc2ccccc2)nc1O)N1Cc2ccccc2C1. The molecule has 1 aromatic heterocycles. The monoisotopic (exact) mass is 351 g/mol. The smallest absolute Gasteiger partial charge is 0.228 e. The Morgan fingerprint density at radius 3 is 2.40 bits per heavy atom. The Balaban J connectivity index is 1.44. The third-order valence-corrected chi connectivity index (χ3v) is 5.17. The minimum absolute atomic E-state index is 0.00131. The van der Waals surface area contributed by atoms with E-state index in [2.05, 4.69) is 22.4 Å². The van der Waals surface area contributed by atoms with E-state index in [0.717, 1.165) is 5.69 Å². The Kier molecular flexibility index (Phi) is 4.11. The zero-order chi connectivity index (χ0) is 17.2. The number of amides is 1. The number of benzene rings is 2. The van der Waals surface area contributed by atoms with Crippen LogP contribution in [0.3, 0.4) is 0 Å². The number of nitrogens with one attached hydrogen (secondary N) is 1. The number of carbonyl (C=O) groups excluding carboxylic acids is 1. The summed E-state index contributed by atoms with van der Waals surface area (Å²) in [5.74, 6) is -0.0742. The van der Waals surface area contributed by atoms with Gasteiger partial charge in [0.2, 0.25) is 11.8 Å². The van der Waals surface area contributed by atoms with Gasteiger partial charge in [-0.15, -0.1) is 0 Å². The Bertz CT molecular complexity index is 883. The van der Waals surface area contributed by atoms with Crippen molar-refractivity contribution >= 4 is 28.1 Å². The van der Waals surface area contributed by atoms with Crippen LogP contribution in [0.25, 0.3) is 0 Å². The quantitative estimate of drug-likeness (QED) is 0.753. The Hall–Kier alpha value is -2.86. The van der Waals surface area contributed by atoms with Gasteiger partial charge in [-0.2, -0.15) is 4.98 Å². The predicted molar refractivity (Wildman–Crippen MR) is 97.9 cm³/mol. The Labute approximate surface area is 149 Å². The number of fused-ring (bicyclic) bond motifs is 1. The average molecular weight is 351 g/mol. The maximum atomic E-state index is 12.6. The van der Waals surface area contributed by atoms with E-state index in [-0.39, 0.29) is 18.2 Å². The van der Waals surface area contributed by atoms with Crippen LogP contribution in [0, 0.1) is 0 Å². The first-order valence-electron chi connectivity index (χ1n) is 8.04. The van der Waals surface area contributed by atoms with Gasteiger partial charge in [0, 0.05) is 18.8 Å². The molecule has 0 fully saturated rings. The Morgan fingerprint density at radius 2 is 1.72 bits per heavy atom. The lowest BCUT2D eigenvalue weighted by Crippen LogP contribution is -2.26. The molecule has 2 N–H and O–H groups in total. The van der Waals surface area contributed by atoms with Crippen LogP contribution in [0.15, 0.2) is 54.6 Å². The van der Waals surface area contributed by atoms with Crippen molar-refractivity contribution in [2.45, 2.75) is 19.5 Å². The highest BCUT2D eigenvalue weighted by Crippen LogP contribution is 2.31. The summed E-state index contributed by atoms with van der Waals surface area (Å²) in [5.41, 5.74) is 3.27. The maximum absolute atomic E-state index is 12.6. The van der Waals surface area contributed by atoms with Crippen LogP contribution in [0.2, 0.25) is 0 Å². The molecule has 0 saturated carbocycles. The van der Waals surface area contributed by atoms with Crippen molar-refractivity contribution in [3.8, 4) is 5.88 Å². The van der Waals surface area contributed by atoms with E-state index in [0.29, 0.717) is 23.1 Å². The van der Waals surface area contributed by atoms with E-state index in [9.17, 15) is 9.90 Å². The van der Waals surface area contributed by atoms with E-state index in [1.165, 1.54) is 22.5 Å². The van der Waals surface area contributed by atoms with Crippen LogP contribution in [0.1, 0.15) is 16.0 Å². The normalized spacial score (nSPS) is 12.9. The van der Waals surface area contributed by atoms with Crippen LogP contribution >= 0.6 is 11.3 Å². The van der Waals surface area contributed by atoms with Gasteiger partial charge in [0.05, 0.1) is 11.3 Å². The molecule has 0 radical (unpaired) electrons. The van der Waals surface area contributed by atoms with E-state index >= 15 is 0 Å². The first-order chi connectivity index (χ1) is 12.2. The third kappa shape index (κ3) is 3.34. The molecule has 2 aromatic carbocycles. The van der Waals surface area contributed by atoms with Crippen molar-refractivity contribution < 1.29 is 9.90 Å². The lowest BCUT2D eigenvalue weighted by Gasteiger charge is -2.14. The van der Waals surface area contributed by atoms with E-state index < -0.39 is 0 Å². The number of hydrogen-bond acceptors (Lipinski definition) is 5. The Morgan fingerprint density at radius 1 is 1.08 bits per heavy atom. The van der Waals surface area contributed by atoms with E-state index in [1.807, 2.05) is 47.4 Å². The van der Waals surface area contributed by atoms with E-state index in [1.54, 1.807) is 0 Å². The van der Waals surface area contributed by atoms with Crippen molar-refractivity contribution in [3.63, 3.8) is 0 Å². The number of hydrogen-bond donors (Lipinski definition) is 2. The molecule has 0 aliphatic carbocycles. The molecule has 0 bridgehead atoms.